The Hall–Kier alpha value is -3.89. The fraction of sp³-hybridized carbons (Fsp3) is 0.133. The van der Waals surface area contributed by atoms with Crippen LogP contribution in [0.5, 0.6) is 5.75 Å². The third kappa shape index (κ3) is 5.98. The monoisotopic (exact) mass is 619 g/mol. The maximum atomic E-state index is 6.03. The number of nitrogens with one attached hydrogen (secondary N) is 2. The molecule has 6 rings (SSSR count). The van der Waals surface area contributed by atoms with E-state index in [9.17, 15) is 0 Å². The summed E-state index contributed by atoms with van der Waals surface area (Å²) in [7, 11) is 0. The van der Waals surface area contributed by atoms with E-state index in [1.165, 1.54) is 5.56 Å². The molecule has 0 saturated heterocycles. The molecule has 1 atom stereocenters. The molecule has 194 valence electrons. The van der Waals surface area contributed by atoms with Gasteiger partial charge in [0.1, 0.15) is 24.7 Å². The number of nitrogens with zero attached hydrogens (tertiary/aromatic N) is 3. The van der Waals surface area contributed by atoms with Crippen LogP contribution in [0.1, 0.15) is 18.6 Å². The van der Waals surface area contributed by atoms with Gasteiger partial charge in [0.2, 0.25) is 5.96 Å². The van der Waals surface area contributed by atoms with Crippen LogP contribution in [-0.2, 0) is 11.4 Å². The molecule has 2 N–H and O–H groups in total. The van der Waals surface area contributed by atoms with Gasteiger partial charge in [0.15, 0.2) is 0 Å². The van der Waals surface area contributed by atoms with Gasteiger partial charge < -0.3 is 15.4 Å². The maximum Gasteiger partial charge on any atom is 0.200 e. The molecular weight excluding hydrogens is 589 g/mol. The molecule has 3 aromatic carbocycles. The van der Waals surface area contributed by atoms with E-state index in [4.69, 9.17) is 14.6 Å². The van der Waals surface area contributed by atoms with Gasteiger partial charge in [-0.25, -0.2) is 10.1 Å². The molecule has 3 heterocycles. The normalized spacial score (nSPS) is 16.2. The molecule has 8 heteroatoms. The Morgan fingerprint density at radius 3 is 2.63 bits per heavy atom. The van der Waals surface area contributed by atoms with Gasteiger partial charge in [0, 0.05) is 25.7 Å². The number of ether oxygens (including phenoxy) is 1. The first-order valence-corrected chi connectivity index (χ1v) is 12.3. The lowest BCUT2D eigenvalue weighted by Crippen LogP contribution is -2.29. The lowest BCUT2D eigenvalue weighted by molar-refractivity contribution is 0.0908. The minimum absolute atomic E-state index is 0. The molecule has 0 spiro atoms. The number of guanidine groups is 1. The molecule has 4 aromatic rings. The second-order valence-electron chi connectivity index (χ2n) is 8.80. The van der Waals surface area contributed by atoms with E-state index in [0.717, 1.165) is 33.8 Å². The summed E-state index contributed by atoms with van der Waals surface area (Å²) in [4.78, 5) is 15.1. The molecule has 0 radical (unpaired) electrons. The highest BCUT2D eigenvalue weighted by Gasteiger charge is 2.21. The summed E-state index contributed by atoms with van der Waals surface area (Å²) in [5.74, 6) is 1.49. The molecule has 1 aromatic heterocycles. The van der Waals surface area contributed by atoms with Crippen LogP contribution in [0.4, 0.5) is 11.4 Å². The smallest absolute Gasteiger partial charge is 0.200 e. The predicted octanol–water partition coefficient (Wildman–Crippen LogP) is 6.57. The van der Waals surface area contributed by atoms with Crippen molar-refractivity contribution in [3.8, 4) is 16.9 Å². The molecule has 38 heavy (non-hydrogen) atoms. The van der Waals surface area contributed by atoms with Gasteiger partial charge in [0.05, 0.1) is 12.6 Å². The minimum atomic E-state index is -0.155. The summed E-state index contributed by atoms with van der Waals surface area (Å²) in [5, 5.41) is 8.55. The van der Waals surface area contributed by atoms with Crippen molar-refractivity contribution in [2.24, 2.45) is 4.99 Å². The lowest BCUT2D eigenvalue weighted by atomic mass is 10.0. The topological polar surface area (TPSA) is 71.0 Å². The Morgan fingerprint density at radius 2 is 1.76 bits per heavy atom. The summed E-state index contributed by atoms with van der Waals surface area (Å²) in [5.41, 5.74) is 6.33. The number of hydrogen-bond donors (Lipinski definition) is 2. The minimum Gasteiger partial charge on any atom is -0.489 e. The number of hydrogen-bond acceptors (Lipinski definition) is 7. The quantitative estimate of drug-likeness (QED) is 0.247. The van der Waals surface area contributed by atoms with Crippen LogP contribution in [0.25, 0.3) is 11.1 Å². The molecule has 0 saturated carbocycles. The van der Waals surface area contributed by atoms with Gasteiger partial charge in [0.25, 0.3) is 0 Å². The van der Waals surface area contributed by atoms with E-state index in [-0.39, 0.29) is 31.4 Å². The molecule has 2 aliphatic heterocycles. The molecule has 0 aliphatic carbocycles. The van der Waals surface area contributed by atoms with Gasteiger partial charge in [-0.2, -0.15) is 0 Å². The van der Waals surface area contributed by atoms with E-state index >= 15 is 0 Å². The zero-order valence-electron chi connectivity index (χ0n) is 20.7. The Labute approximate surface area is 240 Å². The SMILES string of the molecule is C1=CC(c2ccc3c(c2)N(Cc2ccncc2)OCCO3)N=C(Nc2cccc(-c3ccccc3)c2)N1.I.[HH]. The molecule has 0 amide bonds. The molecule has 0 fully saturated rings. The largest absolute Gasteiger partial charge is 0.489 e. The first kappa shape index (κ1) is 25.7. The van der Waals surface area contributed by atoms with Crippen LogP contribution in [-0.4, -0.2) is 24.2 Å². The number of benzene rings is 3. The molecule has 0 bridgehead atoms. The highest BCUT2D eigenvalue weighted by atomic mass is 127. The van der Waals surface area contributed by atoms with Gasteiger partial charge in [-0.15, -0.1) is 24.0 Å². The Balaban J connectivity index is 0.00000176. The van der Waals surface area contributed by atoms with Gasteiger partial charge in [-0.1, -0.05) is 48.5 Å². The predicted molar refractivity (Wildman–Crippen MR) is 164 cm³/mol. The number of aromatic nitrogens is 1. The van der Waals surface area contributed by atoms with E-state index < -0.39 is 0 Å². The van der Waals surface area contributed by atoms with E-state index in [1.807, 2.05) is 65.9 Å². The molecular formula is C30H30IN5O2. The average Bonchev–Trinajstić information content (AvgIpc) is 3.16. The van der Waals surface area contributed by atoms with Crippen LogP contribution >= 0.6 is 24.0 Å². The number of halogens is 1. The van der Waals surface area contributed by atoms with Crippen LogP contribution in [0.3, 0.4) is 0 Å². The van der Waals surface area contributed by atoms with Gasteiger partial charge in [-0.3, -0.25) is 9.82 Å². The second-order valence-corrected chi connectivity index (χ2v) is 8.80. The number of aliphatic imine (C=N–C) groups is 1. The summed E-state index contributed by atoms with van der Waals surface area (Å²) in [6, 6.07) is 28.6. The summed E-state index contributed by atoms with van der Waals surface area (Å²) in [6.07, 6.45) is 7.55. The summed E-state index contributed by atoms with van der Waals surface area (Å²) < 4.78 is 5.95. The number of fused-ring (bicyclic) bond motifs is 1. The fourth-order valence-corrected chi connectivity index (χ4v) is 4.42. The highest BCUT2D eigenvalue weighted by molar-refractivity contribution is 14.0. The Morgan fingerprint density at radius 1 is 0.921 bits per heavy atom. The zero-order chi connectivity index (χ0) is 24.9. The highest BCUT2D eigenvalue weighted by Crippen LogP contribution is 2.36. The average molecular weight is 620 g/mol. The van der Waals surface area contributed by atoms with E-state index in [1.54, 1.807) is 12.4 Å². The van der Waals surface area contributed by atoms with Crippen molar-refractivity contribution in [1.82, 2.24) is 10.3 Å². The van der Waals surface area contributed by atoms with Crippen molar-refractivity contribution < 1.29 is 11.0 Å². The van der Waals surface area contributed by atoms with Crippen molar-refractivity contribution >= 4 is 41.3 Å². The van der Waals surface area contributed by atoms with Gasteiger partial charge >= 0.3 is 0 Å². The summed E-state index contributed by atoms with van der Waals surface area (Å²) >= 11 is 0. The molecule has 1 unspecified atom stereocenters. The number of anilines is 2. The third-order valence-corrected chi connectivity index (χ3v) is 6.26. The van der Waals surface area contributed by atoms with E-state index in [2.05, 4.69) is 52.0 Å². The van der Waals surface area contributed by atoms with E-state index in [0.29, 0.717) is 25.7 Å². The van der Waals surface area contributed by atoms with Crippen LogP contribution in [0, 0.1) is 0 Å². The van der Waals surface area contributed by atoms with Crippen LogP contribution in [0.15, 0.2) is 115 Å². The van der Waals surface area contributed by atoms with Crippen LogP contribution in [0.2, 0.25) is 0 Å². The fourth-order valence-electron chi connectivity index (χ4n) is 4.42. The second kappa shape index (κ2) is 12.1. The van der Waals surface area contributed by atoms with Crippen molar-refractivity contribution in [2.75, 3.05) is 23.6 Å². The molecule has 2 aliphatic rings. The lowest BCUT2D eigenvalue weighted by Gasteiger charge is -2.24. The molecule has 7 nitrogen and oxygen atoms in total. The first-order valence-electron chi connectivity index (χ1n) is 12.3. The standard InChI is InChI=1S/C30H27N5O2.HI.H2/c1-2-5-23(6-3-1)24-7-4-8-26(19-24)33-30-32-16-13-27(34-30)25-9-10-29-28(20-25)35(37-18-17-36-29)21-22-11-14-31-15-12-22;;/h1-16,19-20,27H,17-18,21H2,(H2,32,33,34);2*1H. The first-order chi connectivity index (χ1) is 18.3. The van der Waals surface area contributed by atoms with Crippen LogP contribution < -0.4 is 20.4 Å². The maximum absolute atomic E-state index is 6.03. The third-order valence-electron chi connectivity index (χ3n) is 6.26. The van der Waals surface area contributed by atoms with Crippen molar-refractivity contribution in [2.45, 2.75) is 12.6 Å². The number of hydroxylamine groups is 1. The zero-order valence-corrected chi connectivity index (χ0v) is 23.0. The van der Waals surface area contributed by atoms with Crippen molar-refractivity contribution in [3.63, 3.8) is 0 Å². The Bertz CT molecular complexity index is 1440. The number of rotatable bonds is 5. The van der Waals surface area contributed by atoms with Gasteiger partial charge in [-0.05, 0) is 64.7 Å². The van der Waals surface area contributed by atoms with Crippen molar-refractivity contribution in [1.29, 1.82) is 0 Å². The Kier molecular flexibility index (Phi) is 8.20. The van der Waals surface area contributed by atoms with Crippen molar-refractivity contribution in [3.05, 3.63) is 121 Å². The summed E-state index contributed by atoms with van der Waals surface area (Å²) in [6.45, 7) is 1.58. The number of pyridine rings is 1.